The fraction of sp³-hybridized carbons (Fsp3) is 0.500. The summed E-state index contributed by atoms with van der Waals surface area (Å²) in [6.45, 7) is 0. The Morgan fingerprint density at radius 3 is 2.03 bits per heavy atom. The summed E-state index contributed by atoms with van der Waals surface area (Å²) in [5, 5.41) is 4.69. The van der Waals surface area contributed by atoms with Gasteiger partial charge in [0.1, 0.15) is 0 Å². The molecule has 2 aromatic carbocycles. The lowest BCUT2D eigenvalue weighted by molar-refractivity contribution is -0.116. The monoisotopic (exact) mass is 401 g/mol. The van der Waals surface area contributed by atoms with Crippen molar-refractivity contribution in [1.82, 2.24) is 4.90 Å². The molecule has 7 rings (SSSR count). The quantitative estimate of drug-likeness (QED) is 0.685. The zero-order valence-electron chi connectivity index (χ0n) is 18.0. The summed E-state index contributed by atoms with van der Waals surface area (Å²) < 4.78 is 0. The standard InChI is InChI=1S/C26H31N3O/c1-28(2)23-10-8-22(9-11-23)25-29(24(27-30-25)21-6-4-3-5-7-21)26-15-18-12-19(16-26)14-20(13-18)17-26/h3-11,18-20,25H,12-17H2,1-2H3/t18?,19?,20?,25-,26?/m0/s1. The van der Waals surface area contributed by atoms with Crippen molar-refractivity contribution >= 4 is 11.5 Å². The van der Waals surface area contributed by atoms with Crippen molar-refractivity contribution in [2.24, 2.45) is 22.9 Å². The number of rotatable bonds is 4. The van der Waals surface area contributed by atoms with Gasteiger partial charge in [0, 0.05) is 36.4 Å². The van der Waals surface area contributed by atoms with Crippen LogP contribution in [0.2, 0.25) is 0 Å². The van der Waals surface area contributed by atoms with Crippen LogP contribution >= 0.6 is 0 Å². The third kappa shape index (κ3) is 2.84. The maximum atomic E-state index is 6.21. The van der Waals surface area contributed by atoms with Crippen LogP contribution in [0.3, 0.4) is 0 Å². The van der Waals surface area contributed by atoms with Crippen molar-refractivity contribution in [3.8, 4) is 0 Å². The minimum Gasteiger partial charge on any atom is -0.378 e. The largest absolute Gasteiger partial charge is 0.378 e. The Morgan fingerprint density at radius 1 is 0.867 bits per heavy atom. The van der Waals surface area contributed by atoms with E-state index in [4.69, 9.17) is 9.99 Å². The van der Waals surface area contributed by atoms with Crippen LogP contribution in [0.25, 0.3) is 0 Å². The molecule has 1 atom stereocenters. The smallest absolute Gasteiger partial charge is 0.227 e. The van der Waals surface area contributed by atoms with E-state index in [0.29, 0.717) is 0 Å². The van der Waals surface area contributed by atoms with Crippen molar-refractivity contribution in [1.29, 1.82) is 0 Å². The predicted octanol–water partition coefficient (Wildman–Crippen LogP) is 5.41. The van der Waals surface area contributed by atoms with E-state index in [1.165, 1.54) is 55.3 Å². The predicted molar refractivity (Wildman–Crippen MR) is 120 cm³/mol. The number of hydrogen-bond donors (Lipinski definition) is 0. The van der Waals surface area contributed by atoms with Crippen molar-refractivity contribution in [3.63, 3.8) is 0 Å². The summed E-state index contributed by atoms with van der Waals surface area (Å²) in [5.41, 5.74) is 3.76. The van der Waals surface area contributed by atoms with Gasteiger partial charge in [0.2, 0.25) is 6.23 Å². The van der Waals surface area contributed by atoms with Crippen LogP contribution in [0.1, 0.15) is 55.9 Å². The molecule has 0 unspecified atom stereocenters. The highest BCUT2D eigenvalue weighted by Gasteiger charge is 2.57. The van der Waals surface area contributed by atoms with E-state index < -0.39 is 0 Å². The molecule has 0 N–H and O–H groups in total. The molecule has 1 aliphatic heterocycles. The Balaban J connectivity index is 1.41. The topological polar surface area (TPSA) is 28.1 Å². The lowest BCUT2D eigenvalue weighted by Gasteiger charge is -2.60. The first kappa shape index (κ1) is 18.3. The van der Waals surface area contributed by atoms with Gasteiger partial charge in [-0.3, -0.25) is 0 Å². The Labute approximate surface area is 179 Å². The average molecular weight is 402 g/mol. The van der Waals surface area contributed by atoms with Crippen LogP contribution in [0, 0.1) is 17.8 Å². The zero-order valence-corrected chi connectivity index (χ0v) is 18.0. The van der Waals surface area contributed by atoms with Gasteiger partial charge in [0.25, 0.3) is 0 Å². The summed E-state index contributed by atoms with van der Waals surface area (Å²) in [6.07, 6.45) is 8.06. The van der Waals surface area contributed by atoms with Crippen LogP contribution in [0.15, 0.2) is 59.8 Å². The highest BCUT2D eigenvalue weighted by molar-refractivity contribution is 5.99. The molecule has 4 fully saturated rings. The van der Waals surface area contributed by atoms with E-state index in [1.54, 1.807) is 0 Å². The molecule has 2 aromatic rings. The molecule has 0 spiro atoms. The van der Waals surface area contributed by atoms with Crippen LogP contribution in [0.5, 0.6) is 0 Å². The molecule has 4 nitrogen and oxygen atoms in total. The van der Waals surface area contributed by atoms with Gasteiger partial charge in [-0.15, -0.1) is 0 Å². The van der Waals surface area contributed by atoms with Gasteiger partial charge in [-0.1, -0.05) is 47.6 Å². The van der Waals surface area contributed by atoms with Crippen molar-refractivity contribution in [2.75, 3.05) is 19.0 Å². The number of oxime groups is 1. The first-order valence-corrected chi connectivity index (χ1v) is 11.5. The molecular weight excluding hydrogens is 370 g/mol. The number of amidine groups is 1. The van der Waals surface area contributed by atoms with E-state index >= 15 is 0 Å². The van der Waals surface area contributed by atoms with Gasteiger partial charge < -0.3 is 14.6 Å². The molecule has 4 bridgehead atoms. The summed E-state index contributed by atoms with van der Waals surface area (Å²) in [4.78, 5) is 10.9. The maximum Gasteiger partial charge on any atom is 0.227 e. The van der Waals surface area contributed by atoms with Crippen molar-refractivity contribution in [2.45, 2.75) is 50.3 Å². The molecule has 0 amide bonds. The lowest BCUT2D eigenvalue weighted by atomic mass is 9.52. The number of benzene rings is 2. The lowest BCUT2D eigenvalue weighted by Crippen LogP contribution is -2.61. The Morgan fingerprint density at radius 2 is 1.47 bits per heavy atom. The fourth-order valence-corrected chi connectivity index (χ4v) is 7.06. The van der Waals surface area contributed by atoms with Crippen molar-refractivity contribution in [3.05, 3.63) is 65.7 Å². The molecule has 30 heavy (non-hydrogen) atoms. The molecule has 156 valence electrons. The van der Waals surface area contributed by atoms with E-state index in [-0.39, 0.29) is 11.8 Å². The molecule has 4 saturated carbocycles. The van der Waals surface area contributed by atoms with Gasteiger partial charge in [0.15, 0.2) is 5.84 Å². The van der Waals surface area contributed by atoms with Crippen LogP contribution in [-0.4, -0.2) is 30.4 Å². The molecule has 1 heterocycles. The first-order valence-electron chi connectivity index (χ1n) is 11.5. The summed E-state index contributed by atoms with van der Waals surface area (Å²) in [7, 11) is 4.17. The second-order valence-electron chi connectivity index (χ2n) is 10.2. The van der Waals surface area contributed by atoms with Gasteiger partial charge in [-0.05, 0) is 68.4 Å². The highest BCUT2D eigenvalue weighted by Crippen LogP contribution is 2.60. The van der Waals surface area contributed by atoms with E-state index in [0.717, 1.165) is 23.6 Å². The molecule has 5 aliphatic rings. The summed E-state index contributed by atoms with van der Waals surface area (Å²) in [6, 6.07) is 19.5. The fourth-order valence-electron chi connectivity index (χ4n) is 7.06. The van der Waals surface area contributed by atoms with E-state index in [2.05, 4.69) is 78.5 Å². The van der Waals surface area contributed by atoms with E-state index in [1.807, 2.05) is 0 Å². The van der Waals surface area contributed by atoms with Crippen molar-refractivity contribution < 1.29 is 4.84 Å². The first-order chi connectivity index (χ1) is 14.6. The van der Waals surface area contributed by atoms with Crippen LogP contribution < -0.4 is 4.90 Å². The number of hydrogen-bond acceptors (Lipinski definition) is 4. The normalized spacial score (nSPS) is 34.1. The van der Waals surface area contributed by atoms with Gasteiger partial charge in [-0.2, -0.15) is 0 Å². The van der Waals surface area contributed by atoms with Gasteiger partial charge in [-0.25, -0.2) is 0 Å². The third-order valence-corrected chi connectivity index (χ3v) is 7.95. The third-order valence-electron chi connectivity index (χ3n) is 7.95. The minimum absolute atomic E-state index is 0.132. The molecule has 0 aromatic heterocycles. The van der Waals surface area contributed by atoms with Gasteiger partial charge >= 0.3 is 0 Å². The Bertz CT molecular complexity index is 915. The van der Waals surface area contributed by atoms with E-state index in [9.17, 15) is 0 Å². The Kier molecular flexibility index (Phi) is 4.12. The molecule has 0 radical (unpaired) electrons. The molecular formula is C26H31N3O. The van der Waals surface area contributed by atoms with Gasteiger partial charge in [0.05, 0.1) is 0 Å². The van der Waals surface area contributed by atoms with Crippen LogP contribution in [-0.2, 0) is 4.84 Å². The minimum atomic E-state index is -0.132. The summed E-state index contributed by atoms with van der Waals surface area (Å²) >= 11 is 0. The Hall–Kier alpha value is -2.49. The average Bonchev–Trinajstić information content (AvgIpc) is 3.20. The molecule has 4 aliphatic carbocycles. The number of anilines is 1. The SMILES string of the molecule is CN(C)c1ccc([C@@H]2ON=C(c3ccccc3)N2C23CC4CC(CC(C4)C2)C3)cc1. The second kappa shape index (κ2) is 6.76. The second-order valence-corrected chi connectivity index (χ2v) is 10.2. The summed E-state index contributed by atoms with van der Waals surface area (Å²) in [5.74, 6) is 3.67. The number of nitrogens with zero attached hydrogens (tertiary/aromatic N) is 3. The zero-order chi connectivity index (χ0) is 20.3. The maximum absolute atomic E-state index is 6.21. The molecule has 4 heteroatoms. The highest BCUT2D eigenvalue weighted by atomic mass is 16.7. The van der Waals surface area contributed by atoms with Crippen LogP contribution in [0.4, 0.5) is 5.69 Å². The molecule has 0 saturated heterocycles.